The highest BCUT2D eigenvalue weighted by Crippen LogP contribution is 2.16. The van der Waals surface area contributed by atoms with Gasteiger partial charge in [-0.15, -0.1) is 0 Å². The number of morpholine rings is 1. The van der Waals surface area contributed by atoms with Gasteiger partial charge in [0.1, 0.15) is 5.82 Å². The van der Waals surface area contributed by atoms with Crippen molar-refractivity contribution in [1.82, 2.24) is 4.90 Å². The number of benzene rings is 1. The fourth-order valence-electron chi connectivity index (χ4n) is 1.72. The van der Waals surface area contributed by atoms with E-state index in [1.807, 2.05) is 6.07 Å². The van der Waals surface area contributed by atoms with Crippen molar-refractivity contribution >= 4 is 15.9 Å². The molecule has 1 aromatic rings. The van der Waals surface area contributed by atoms with Crippen molar-refractivity contribution in [3.63, 3.8) is 0 Å². The molecule has 1 aromatic carbocycles. The Kier molecular flexibility index (Phi) is 3.72. The molecule has 1 heterocycles. The van der Waals surface area contributed by atoms with Crippen LogP contribution in [0.5, 0.6) is 0 Å². The molecule has 82 valence electrons. The van der Waals surface area contributed by atoms with Crippen LogP contribution in [0.3, 0.4) is 0 Å². The van der Waals surface area contributed by atoms with Crippen LogP contribution in [0, 0.1) is 5.82 Å². The van der Waals surface area contributed by atoms with E-state index in [0.717, 1.165) is 42.9 Å². The normalized spacial score (nSPS) is 18.0. The van der Waals surface area contributed by atoms with Crippen molar-refractivity contribution in [1.29, 1.82) is 0 Å². The van der Waals surface area contributed by atoms with E-state index in [1.54, 1.807) is 6.07 Å². The van der Waals surface area contributed by atoms with Gasteiger partial charge < -0.3 is 4.74 Å². The van der Waals surface area contributed by atoms with Crippen molar-refractivity contribution in [3.8, 4) is 0 Å². The monoisotopic (exact) mass is 273 g/mol. The fraction of sp³-hybridized carbons (Fsp3) is 0.455. The quantitative estimate of drug-likeness (QED) is 0.821. The van der Waals surface area contributed by atoms with Gasteiger partial charge in [-0.1, -0.05) is 15.9 Å². The first-order chi connectivity index (χ1) is 7.24. The van der Waals surface area contributed by atoms with Gasteiger partial charge in [-0.2, -0.15) is 0 Å². The molecule has 2 rings (SSSR count). The average molecular weight is 274 g/mol. The van der Waals surface area contributed by atoms with Crippen LogP contribution in [0.4, 0.5) is 4.39 Å². The molecular weight excluding hydrogens is 261 g/mol. The summed E-state index contributed by atoms with van der Waals surface area (Å²) in [6, 6.07) is 5.02. The molecule has 1 aliphatic rings. The summed E-state index contributed by atoms with van der Waals surface area (Å²) in [6.07, 6.45) is 0. The fourth-order valence-corrected chi connectivity index (χ4v) is 2.23. The Morgan fingerprint density at radius 1 is 1.27 bits per heavy atom. The van der Waals surface area contributed by atoms with E-state index in [0.29, 0.717) is 0 Å². The minimum absolute atomic E-state index is 0.187. The topological polar surface area (TPSA) is 12.5 Å². The third-order valence-electron chi connectivity index (χ3n) is 2.43. The Morgan fingerprint density at radius 2 is 2.00 bits per heavy atom. The summed E-state index contributed by atoms with van der Waals surface area (Å²) in [5, 5.41) is 0. The summed E-state index contributed by atoms with van der Waals surface area (Å²) in [5.41, 5.74) is 1.00. The van der Waals surface area contributed by atoms with Crippen LogP contribution in [-0.2, 0) is 11.3 Å². The van der Waals surface area contributed by atoms with E-state index < -0.39 is 0 Å². The van der Waals surface area contributed by atoms with Crippen LogP contribution in [0.2, 0.25) is 0 Å². The van der Waals surface area contributed by atoms with Crippen molar-refractivity contribution in [2.24, 2.45) is 0 Å². The number of hydrogen-bond acceptors (Lipinski definition) is 2. The van der Waals surface area contributed by atoms with E-state index in [4.69, 9.17) is 4.74 Å². The molecule has 0 saturated carbocycles. The summed E-state index contributed by atoms with van der Waals surface area (Å²) in [5.74, 6) is -0.187. The molecule has 0 N–H and O–H groups in total. The molecule has 0 aromatic heterocycles. The van der Waals surface area contributed by atoms with Crippen molar-refractivity contribution in [2.75, 3.05) is 26.3 Å². The maximum absolute atomic E-state index is 13.1. The van der Waals surface area contributed by atoms with Crippen molar-refractivity contribution in [3.05, 3.63) is 34.1 Å². The van der Waals surface area contributed by atoms with Crippen molar-refractivity contribution in [2.45, 2.75) is 6.54 Å². The lowest BCUT2D eigenvalue weighted by Gasteiger charge is -2.26. The van der Waals surface area contributed by atoms with E-state index in [1.165, 1.54) is 6.07 Å². The Bertz CT molecular complexity index is 319. The Labute approximate surface area is 97.2 Å². The summed E-state index contributed by atoms with van der Waals surface area (Å²) in [6.45, 7) is 4.19. The molecule has 15 heavy (non-hydrogen) atoms. The third kappa shape index (κ3) is 3.26. The summed E-state index contributed by atoms with van der Waals surface area (Å²) in [7, 11) is 0. The predicted molar refractivity (Wildman–Crippen MR) is 60.2 cm³/mol. The van der Waals surface area contributed by atoms with Crippen LogP contribution < -0.4 is 0 Å². The maximum atomic E-state index is 13.1. The molecule has 0 unspecified atom stereocenters. The molecular formula is C11H13BrFNO. The SMILES string of the molecule is Fc1cc(Br)cc(CN2CCOCC2)c1. The third-order valence-corrected chi connectivity index (χ3v) is 2.89. The van der Waals surface area contributed by atoms with Gasteiger partial charge in [-0.05, 0) is 23.8 Å². The van der Waals surface area contributed by atoms with Gasteiger partial charge in [0.05, 0.1) is 13.2 Å². The molecule has 1 saturated heterocycles. The highest BCUT2D eigenvalue weighted by molar-refractivity contribution is 9.10. The van der Waals surface area contributed by atoms with E-state index in [-0.39, 0.29) is 5.82 Å². The van der Waals surface area contributed by atoms with Gasteiger partial charge in [0, 0.05) is 24.1 Å². The van der Waals surface area contributed by atoms with Crippen LogP contribution >= 0.6 is 15.9 Å². The lowest BCUT2D eigenvalue weighted by molar-refractivity contribution is 0.0341. The molecule has 0 aliphatic carbocycles. The first kappa shape index (κ1) is 11.0. The molecule has 0 amide bonds. The first-order valence-corrected chi connectivity index (χ1v) is 5.78. The molecule has 4 heteroatoms. The summed E-state index contributed by atoms with van der Waals surface area (Å²) >= 11 is 3.29. The lowest BCUT2D eigenvalue weighted by Crippen LogP contribution is -2.35. The highest BCUT2D eigenvalue weighted by atomic mass is 79.9. The highest BCUT2D eigenvalue weighted by Gasteiger charge is 2.11. The van der Waals surface area contributed by atoms with Gasteiger partial charge in [-0.25, -0.2) is 4.39 Å². The second-order valence-electron chi connectivity index (χ2n) is 3.67. The Morgan fingerprint density at radius 3 is 2.67 bits per heavy atom. The van der Waals surface area contributed by atoms with E-state index in [2.05, 4.69) is 20.8 Å². The molecule has 0 atom stereocenters. The van der Waals surface area contributed by atoms with Gasteiger partial charge >= 0.3 is 0 Å². The number of rotatable bonds is 2. The smallest absolute Gasteiger partial charge is 0.124 e. The minimum Gasteiger partial charge on any atom is -0.379 e. The first-order valence-electron chi connectivity index (χ1n) is 4.99. The van der Waals surface area contributed by atoms with Crippen LogP contribution in [-0.4, -0.2) is 31.2 Å². The van der Waals surface area contributed by atoms with Gasteiger partial charge in [-0.3, -0.25) is 4.90 Å². The molecule has 0 spiro atoms. The predicted octanol–water partition coefficient (Wildman–Crippen LogP) is 2.42. The molecule has 1 fully saturated rings. The van der Waals surface area contributed by atoms with Crippen LogP contribution in [0.15, 0.2) is 22.7 Å². The van der Waals surface area contributed by atoms with Gasteiger partial charge in [0.2, 0.25) is 0 Å². The number of halogens is 2. The zero-order valence-corrected chi connectivity index (χ0v) is 9.96. The number of nitrogens with zero attached hydrogens (tertiary/aromatic N) is 1. The summed E-state index contributed by atoms with van der Waals surface area (Å²) < 4.78 is 19.2. The lowest BCUT2D eigenvalue weighted by atomic mass is 10.2. The number of ether oxygens (including phenoxy) is 1. The maximum Gasteiger partial charge on any atom is 0.124 e. The Hall–Kier alpha value is -0.450. The van der Waals surface area contributed by atoms with E-state index in [9.17, 15) is 4.39 Å². The zero-order valence-electron chi connectivity index (χ0n) is 8.38. The van der Waals surface area contributed by atoms with Gasteiger partial charge in [0.25, 0.3) is 0 Å². The standard InChI is InChI=1S/C11H13BrFNO/c12-10-5-9(6-11(13)7-10)8-14-1-3-15-4-2-14/h5-7H,1-4,8H2. The van der Waals surface area contributed by atoms with Crippen LogP contribution in [0.1, 0.15) is 5.56 Å². The Balaban J connectivity index is 2.02. The molecule has 0 radical (unpaired) electrons. The summed E-state index contributed by atoms with van der Waals surface area (Å²) in [4.78, 5) is 2.27. The zero-order chi connectivity index (χ0) is 10.7. The molecule has 2 nitrogen and oxygen atoms in total. The second kappa shape index (κ2) is 5.05. The average Bonchev–Trinajstić information content (AvgIpc) is 2.17. The second-order valence-corrected chi connectivity index (χ2v) is 4.58. The molecule has 0 bridgehead atoms. The van der Waals surface area contributed by atoms with E-state index >= 15 is 0 Å². The largest absolute Gasteiger partial charge is 0.379 e. The van der Waals surface area contributed by atoms with Crippen LogP contribution in [0.25, 0.3) is 0 Å². The van der Waals surface area contributed by atoms with Gasteiger partial charge in [0.15, 0.2) is 0 Å². The van der Waals surface area contributed by atoms with Crippen molar-refractivity contribution < 1.29 is 9.13 Å². The number of hydrogen-bond donors (Lipinski definition) is 0. The minimum atomic E-state index is -0.187. The molecule has 1 aliphatic heterocycles.